The van der Waals surface area contributed by atoms with Gasteiger partial charge in [0.2, 0.25) is 0 Å². The number of quaternary nitrogens is 1. The standard InChI is InChI=1S/C5H9FN2O3/c6-2(4(8)9)1-3(7)5(10)11/h2-3H,1,7H2,(H2,8,9)(H,10,11)/t2-,3+/m1/s1. The number of rotatable bonds is 4. The van der Waals surface area contributed by atoms with E-state index in [-0.39, 0.29) is 0 Å². The van der Waals surface area contributed by atoms with Gasteiger partial charge in [-0.25, -0.2) is 4.39 Å². The molecule has 6 heteroatoms. The summed E-state index contributed by atoms with van der Waals surface area (Å²) in [5.41, 5.74) is 7.58. The zero-order chi connectivity index (χ0) is 9.02. The molecule has 5 N–H and O–H groups in total. The molecular formula is C5H9FN2O3. The van der Waals surface area contributed by atoms with E-state index >= 15 is 0 Å². The largest absolute Gasteiger partial charge is 0.544 e. The van der Waals surface area contributed by atoms with Gasteiger partial charge in [-0.3, -0.25) is 4.79 Å². The zero-order valence-corrected chi connectivity index (χ0v) is 5.75. The number of aliphatic carboxylic acids is 1. The Balaban J connectivity index is 3.84. The zero-order valence-electron chi connectivity index (χ0n) is 5.75. The number of carbonyl (C=O) groups excluding carboxylic acids is 2. The number of carboxylic acids is 1. The minimum absolute atomic E-state index is 0.530. The lowest BCUT2D eigenvalue weighted by molar-refractivity contribution is -0.439. The van der Waals surface area contributed by atoms with Gasteiger partial charge in [0.05, 0.1) is 5.97 Å². The van der Waals surface area contributed by atoms with Crippen molar-refractivity contribution in [1.82, 2.24) is 0 Å². The molecule has 0 aromatic carbocycles. The van der Waals surface area contributed by atoms with Gasteiger partial charge in [-0.15, -0.1) is 0 Å². The molecule has 0 fully saturated rings. The molecule has 2 atom stereocenters. The van der Waals surface area contributed by atoms with Gasteiger partial charge in [-0.05, 0) is 0 Å². The van der Waals surface area contributed by atoms with Crippen LogP contribution in [0.1, 0.15) is 6.42 Å². The van der Waals surface area contributed by atoms with Gasteiger partial charge in [0.25, 0.3) is 5.91 Å². The average molecular weight is 164 g/mol. The fourth-order valence-corrected chi connectivity index (χ4v) is 0.462. The van der Waals surface area contributed by atoms with E-state index in [0.29, 0.717) is 0 Å². The molecule has 0 aliphatic carbocycles. The van der Waals surface area contributed by atoms with Crippen molar-refractivity contribution in [1.29, 1.82) is 0 Å². The third-order valence-corrected chi connectivity index (χ3v) is 1.13. The van der Waals surface area contributed by atoms with Crippen molar-refractivity contribution in [3.8, 4) is 0 Å². The molecule has 0 aromatic heterocycles. The minimum Gasteiger partial charge on any atom is -0.544 e. The Kier molecular flexibility index (Phi) is 3.46. The van der Waals surface area contributed by atoms with Gasteiger partial charge in [0.1, 0.15) is 6.04 Å². The Bertz CT molecular complexity index is 155. The summed E-state index contributed by atoms with van der Waals surface area (Å²) in [7, 11) is 0. The van der Waals surface area contributed by atoms with Crippen LogP contribution >= 0.6 is 0 Å². The maximum atomic E-state index is 12.3. The fourth-order valence-electron chi connectivity index (χ4n) is 0.462. The van der Waals surface area contributed by atoms with Crippen LogP contribution in [-0.2, 0) is 9.59 Å². The molecule has 0 bridgehead atoms. The summed E-state index contributed by atoms with van der Waals surface area (Å²) in [5.74, 6) is -2.67. The van der Waals surface area contributed by atoms with Crippen molar-refractivity contribution in [3.05, 3.63) is 0 Å². The molecular weight excluding hydrogens is 155 g/mol. The first kappa shape index (κ1) is 9.83. The van der Waals surface area contributed by atoms with Gasteiger partial charge in [-0.1, -0.05) is 0 Å². The molecule has 1 amide bonds. The first-order valence-electron chi connectivity index (χ1n) is 2.92. The molecule has 64 valence electrons. The van der Waals surface area contributed by atoms with Crippen LogP contribution in [0.5, 0.6) is 0 Å². The summed E-state index contributed by atoms with van der Waals surface area (Å²) in [5, 5.41) is 9.96. The number of carbonyl (C=O) groups is 2. The number of carboxylic acid groups (broad SMARTS) is 1. The lowest BCUT2D eigenvalue weighted by atomic mass is 10.1. The normalized spacial score (nSPS) is 15.5. The van der Waals surface area contributed by atoms with Crippen molar-refractivity contribution < 1.29 is 24.8 Å². The molecule has 11 heavy (non-hydrogen) atoms. The smallest absolute Gasteiger partial charge is 0.252 e. The highest BCUT2D eigenvalue weighted by atomic mass is 19.1. The molecule has 0 spiro atoms. The van der Waals surface area contributed by atoms with E-state index in [4.69, 9.17) is 0 Å². The third-order valence-electron chi connectivity index (χ3n) is 1.13. The van der Waals surface area contributed by atoms with E-state index in [2.05, 4.69) is 11.5 Å². The van der Waals surface area contributed by atoms with Crippen LogP contribution in [0, 0.1) is 0 Å². The predicted molar refractivity (Wildman–Crippen MR) is 30.4 cm³/mol. The van der Waals surface area contributed by atoms with Gasteiger partial charge >= 0.3 is 0 Å². The molecule has 5 nitrogen and oxygen atoms in total. The van der Waals surface area contributed by atoms with E-state index in [9.17, 15) is 19.1 Å². The van der Waals surface area contributed by atoms with Crippen LogP contribution in [0.4, 0.5) is 4.39 Å². The quantitative estimate of drug-likeness (QED) is 0.450. The molecule has 0 aliphatic rings. The number of amides is 1. The number of hydrogen-bond donors (Lipinski definition) is 2. The number of alkyl halides is 1. The summed E-state index contributed by atoms with van der Waals surface area (Å²) < 4.78 is 12.3. The first-order chi connectivity index (χ1) is 4.95. The van der Waals surface area contributed by atoms with Crippen LogP contribution in [0.3, 0.4) is 0 Å². The van der Waals surface area contributed by atoms with Gasteiger partial charge in [0.15, 0.2) is 6.17 Å². The fraction of sp³-hybridized carbons (Fsp3) is 0.600. The lowest BCUT2D eigenvalue weighted by Crippen LogP contribution is -2.69. The molecule has 0 aromatic rings. The van der Waals surface area contributed by atoms with Crippen molar-refractivity contribution in [2.45, 2.75) is 18.6 Å². The van der Waals surface area contributed by atoms with Crippen LogP contribution in [0.25, 0.3) is 0 Å². The molecule has 0 aliphatic heterocycles. The predicted octanol–water partition coefficient (Wildman–Crippen LogP) is -3.44. The highest BCUT2D eigenvalue weighted by molar-refractivity contribution is 5.79. The second-order valence-electron chi connectivity index (χ2n) is 2.12. The Morgan fingerprint density at radius 2 is 2.09 bits per heavy atom. The molecule has 0 unspecified atom stereocenters. The van der Waals surface area contributed by atoms with Crippen LogP contribution in [0.2, 0.25) is 0 Å². The summed E-state index contributed by atoms with van der Waals surface area (Å²) in [6.07, 6.45) is -2.49. The highest BCUT2D eigenvalue weighted by Gasteiger charge is 2.20. The SMILES string of the molecule is NC(=O)[C@H](F)C[C@H]([NH3+])C(=O)[O-]. The van der Waals surface area contributed by atoms with Crippen LogP contribution in [0.15, 0.2) is 0 Å². The van der Waals surface area contributed by atoms with Gasteiger partial charge < -0.3 is 21.4 Å². The number of hydrogen-bond acceptors (Lipinski definition) is 3. The Morgan fingerprint density at radius 3 is 2.36 bits per heavy atom. The minimum atomic E-state index is -1.96. The molecule has 0 saturated carbocycles. The van der Waals surface area contributed by atoms with E-state index in [0.717, 1.165) is 0 Å². The van der Waals surface area contributed by atoms with Crippen molar-refractivity contribution in [2.24, 2.45) is 5.73 Å². The second kappa shape index (κ2) is 3.87. The van der Waals surface area contributed by atoms with Gasteiger partial charge in [-0.2, -0.15) is 0 Å². The van der Waals surface area contributed by atoms with E-state index in [1.54, 1.807) is 0 Å². The first-order valence-corrected chi connectivity index (χ1v) is 2.92. The summed E-state index contributed by atoms with van der Waals surface area (Å²) in [6, 6.07) is -1.24. The number of nitrogens with two attached hydrogens (primary N) is 1. The monoisotopic (exact) mass is 164 g/mol. The molecule has 0 radical (unpaired) electrons. The third kappa shape index (κ3) is 3.51. The molecule has 0 saturated heterocycles. The number of halogens is 1. The molecule has 0 heterocycles. The van der Waals surface area contributed by atoms with Crippen LogP contribution in [-0.4, -0.2) is 24.1 Å². The van der Waals surface area contributed by atoms with E-state index in [1.165, 1.54) is 0 Å². The summed E-state index contributed by atoms with van der Waals surface area (Å²) in [6.45, 7) is 0. The Hall–Kier alpha value is -1.17. The molecule has 0 rings (SSSR count). The summed E-state index contributed by atoms with van der Waals surface area (Å²) in [4.78, 5) is 20.0. The van der Waals surface area contributed by atoms with Crippen molar-refractivity contribution in [2.75, 3.05) is 0 Å². The van der Waals surface area contributed by atoms with E-state index < -0.39 is 30.5 Å². The number of primary amides is 1. The van der Waals surface area contributed by atoms with Crippen molar-refractivity contribution >= 4 is 11.9 Å². The van der Waals surface area contributed by atoms with Crippen LogP contribution < -0.4 is 16.6 Å². The second-order valence-corrected chi connectivity index (χ2v) is 2.12. The lowest BCUT2D eigenvalue weighted by Gasteiger charge is -2.09. The Morgan fingerprint density at radius 1 is 1.64 bits per heavy atom. The van der Waals surface area contributed by atoms with E-state index in [1.807, 2.05) is 0 Å². The topological polar surface area (TPSA) is 111 Å². The maximum Gasteiger partial charge on any atom is 0.252 e. The van der Waals surface area contributed by atoms with Gasteiger partial charge in [0, 0.05) is 6.42 Å². The Labute approximate surface area is 62.2 Å². The average Bonchev–Trinajstić information content (AvgIpc) is 1.87. The highest BCUT2D eigenvalue weighted by Crippen LogP contribution is 1.97. The summed E-state index contributed by atoms with van der Waals surface area (Å²) >= 11 is 0. The maximum absolute atomic E-state index is 12.3. The van der Waals surface area contributed by atoms with Crippen molar-refractivity contribution in [3.63, 3.8) is 0 Å².